The molecule has 3 aliphatic rings. The predicted molar refractivity (Wildman–Crippen MR) is 85.5 cm³/mol. The van der Waals surface area contributed by atoms with Gasteiger partial charge in [0.15, 0.2) is 0 Å². The van der Waals surface area contributed by atoms with Gasteiger partial charge in [-0.3, -0.25) is 4.79 Å². The number of hydrogen-bond acceptors (Lipinski definition) is 3. The Hall–Kier alpha value is -0.320. The third-order valence-electron chi connectivity index (χ3n) is 5.93. The Morgan fingerprint density at radius 2 is 1.76 bits per heavy atom. The summed E-state index contributed by atoms with van der Waals surface area (Å²) >= 11 is 0. The van der Waals surface area contributed by atoms with Crippen molar-refractivity contribution in [2.45, 2.75) is 64.0 Å². The number of amides is 1. The average Bonchev–Trinajstić information content (AvgIpc) is 2.74. The summed E-state index contributed by atoms with van der Waals surface area (Å²) in [6.07, 6.45) is 6.94. The van der Waals surface area contributed by atoms with Gasteiger partial charge < -0.3 is 15.4 Å². The number of hydrogen-bond donors (Lipinski definition) is 1. The summed E-state index contributed by atoms with van der Waals surface area (Å²) in [7, 11) is 0. The van der Waals surface area contributed by atoms with E-state index in [9.17, 15) is 4.79 Å². The lowest BCUT2D eigenvalue weighted by Gasteiger charge is -2.65. The van der Waals surface area contributed by atoms with Crippen LogP contribution >= 0.6 is 12.4 Å². The molecular weight excluding hydrogens is 288 g/mol. The summed E-state index contributed by atoms with van der Waals surface area (Å²) in [4.78, 5) is 15.1. The smallest absolute Gasteiger partial charge is 0.243 e. The maximum atomic E-state index is 13.1. The minimum absolute atomic E-state index is 0. The van der Waals surface area contributed by atoms with E-state index in [1.807, 2.05) is 4.90 Å². The Balaban J connectivity index is 0.00000161. The number of carbonyl (C=O) groups excluding carboxylic acids is 1. The molecule has 3 atom stereocenters. The molecule has 2 N–H and O–H groups in total. The summed E-state index contributed by atoms with van der Waals surface area (Å²) in [5.74, 6) is 0.387. The molecule has 1 aliphatic carbocycles. The Bertz CT molecular complexity index is 394. The van der Waals surface area contributed by atoms with E-state index in [1.54, 1.807) is 0 Å². The molecule has 3 fully saturated rings. The Labute approximate surface area is 134 Å². The molecule has 0 radical (unpaired) electrons. The highest BCUT2D eigenvalue weighted by Crippen LogP contribution is 2.58. The van der Waals surface area contributed by atoms with E-state index in [0.717, 1.165) is 45.4 Å². The van der Waals surface area contributed by atoms with Gasteiger partial charge in [0.2, 0.25) is 5.91 Å². The molecule has 0 spiro atoms. The zero-order valence-corrected chi connectivity index (χ0v) is 14.1. The maximum absolute atomic E-state index is 13.1. The monoisotopic (exact) mass is 316 g/mol. The topological polar surface area (TPSA) is 55.6 Å². The largest absolute Gasteiger partial charge is 0.377 e. The van der Waals surface area contributed by atoms with Crippen molar-refractivity contribution in [1.29, 1.82) is 0 Å². The molecule has 2 heterocycles. The minimum Gasteiger partial charge on any atom is -0.377 e. The van der Waals surface area contributed by atoms with Crippen molar-refractivity contribution < 1.29 is 9.53 Å². The van der Waals surface area contributed by atoms with E-state index in [4.69, 9.17) is 10.5 Å². The second-order valence-electron chi connectivity index (χ2n) is 7.34. The van der Waals surface area contributed by atoms with Gasteiger partial charge in [0.1, 0.15) is 5.54 Å². The van der Waals surface area contributed by atoms with Crippen molar-refractivity contribution in [2.24, 2.45) is 17.1 Å². The number of carbonyl (C=O) groups is 1. The number of rotatable bonds is 1. The zero-order valence-electron chi connectivity index (χ0n) is 13.3. The third-order valence-corrected chi connectivity index (χ3v) is 5.93. The van der Waals surface area contributed by atoms with Crippen molar-refractivity contribution >= 4 is 18.3 Å². The number of fused-ring (bicyclic) bond motifs is 1. The van der Waals surface area contributed by atoms with Gasteiger partial charge in [-0.2, -0.15) is 0 Å². The van der Waals surface area contributed by atoms with Crippen LogP contribution in [0.25, 0.3) is 0 Å². The first-order valence-electron chi connectivity index (χ1n) is 8.19. The van der Waals surface area contributed by atoms with Gasteiger partial charge in [-0.15, -0.1) is 12.4 Å². The summed E-state index contributed by atoms with van der Waals surface area (Å²) in [6.45, 7) is 6.79. The van der Waals surface area contributed by atoms with E-state index in [1.165, 1.54) is 12.8 Å². The Morgan fingerprint density at radius 1 is 1.14 bits per heavy atom. The fraction of sp³-hybridized carbons (Fsp3) is 0.938. The Kier molecular flexibility index (Phi) is 4.91. The van der Waals surface area contributed by atoms with Crippen LogP contribution in [-0.4, -0.2) is 42.1 Å². The van der Waals surface area contributed by atoms with Gasteiger partial charge in [-0.25, -0.2) is 0 Å². The van der Waals surface area contributed by atoms with Crippen LogP contribution in [0.4, 0.5) is 0 Å². The van der Waals surface area contributed by atoms with Gasteiger partial charge in [0.05, 0.1) is 6.10 Å². The molecule has 1 amide bonds. The van der Waals surface area contributed by atoms with E-state index in [2.05, 4.69) is 13.8 Å². The lowest BCUT2D eigenvalue weighted by Crippen LogP contribution is -2.82. The Morgan fingerprint density at radius 3 is 2.38 bits per heavy atom. The molecule has 2 aliphatic heterocycles. The lowest BCUT2D eigenvalue weighted by atomic mass is 9.46. The molecule has 4 nitrogen and oxygen atoms in total. The highest BCUT2D eigenvalue weighted by atomic mass is 35.5. The summed E-state index contributed by atoms with van der Waals surface area (Å²) in [5.41, 5.74) is 5.72. The molecule has 5 heteroatoms. The average molecular weight is 317 g/mol. The van der Waals surface area contributed by atoms with Gasteiger partial charge >= 0.3 is 0 Å². The van der Waals surface area contributed by atoms with Crippen LogP contribution in [0.2, 0.25) is 0 Å². The minimum atomic E-state index is -0.720. The van der Waals surface area contributed by atoms with Crippen LogP contribution in [0.3, 0.4) is 0 Å². The van der Waals surface area contributed by atoms with Gasteiger partial charge in [0.25, 0.3) is 0 Å². The molecule has 2 saturated heterocycles. The number of nitrogens with zero attached hydrogens (tertiary/aromatic N) is 1. The molecule has 3 unspecified atom stereocenters. The molecule has 0 aromatic rings. The maximum Gasteiger partial charge on any atom is 0.243 e. The van der Waals surface area contributed by atoms with Crippen LogP contribution in [0.5, 0.6) is 0 Å². The van der Waals surface area contributed by atoms with Crippen LogP contribution in [-0.2, 0) is 9.53 Å². The van der Waals surface area contributed by atoms with Crippen molar-refractivity contribution in [1.82, 2.24) is 4.90 Å². The molecule has 0 aromatic carbocycles. The van der Waals surface area contributed by atoms with Crippen molar-refractivity contribution in [3.63, 3.8) is 0 Å². The standard InChI is InChI=1S/C16H28N2O2.ClH/c1-15(2)13-12(8-7-11-20-13)16(15,17)14(19)18-9-5-3-4-6-10-18;/h12-13H,3-11,17H2,1-2H3;1H. The van der Waals surface area contributed by atoms with Gasteiger partial charge in [0, 0.05) is 31.0 Å². The van der Waals surface area contributed by atoms with Crippen LogP contribution in [0, 0.1) is 11.3 Å². The van der Waals surface area contributed by atoms with Crippen molar-refractivity contribution in [3.05, 3.63) is 0 Å². The molecule has 3 rings (SSSR count). The lowest BCUT2D eigenvalue weighted by molar-refractivity contribution is -0.230. The van der Waals surface area contributed by atoms with Crippen LogP contribution in [0.1, 0.15) is 52.4 Å². The first-order chi connectivity index (χ1) is 9.49. The van der Waals surface area contributed by atoms with Crippen LogP contribution < -0.4 is 5.73 Å². The fourth-order valence-corrected chi connectivity index (χ4v) is 4.55. The molecular formula is C16H29ClN2O2. The number of nitrogens with two attached hydrogens (primary N) is 1. The first kappa shape index (κ1) is 17.0. The summed E-state index contributed by atoms with van der Waals surface area (Å²) in [5, 5.41) is 0. The quantitative estimate of drug-likeness (QED) is 0.808. The van der Waals surface area contributed by atoms with Crippen LogP contribution in [0.15, 0.2) is 0 Å². The number of ether oxygens (including phenoxy) is 1. The third kappa shape index (κ3) is 2.40. The van der Waals surface area contributed by atoms with Gasteiger partial charge in [-0.05, 0) is 25.7 Å². The zero-order chi connectivity index (χ0) is 14.4. The molecule has 0 aromatic heterocycles. The van der Waals surface area contributed by atoms with E-state index in [0.29, 0.717) is 0 Å². The molecule has 0 bridgehead atoms. The van der Waals surface area contributed by atoms with Crippen molar-refractivity contribution in [2.75, 3.05) is 19.7 Å². The normalized spacial score (nSPS) is 38.5. The highest BCUT2D eigenvalue weighted by molar-refractivity contribution is 5.89. The molecule has 21 heavy (non-hydrogen) atoms. The number of likely N-dealkylation sites (tertiary alicyclic amines) is 1. The second-order valence-corrected chi connectivity index (χ2v) is 7.34. The van der Waals surface area contributed by atoms with Crippen molar-refractivity contribution in [3.8, 4) is 0 Å². The van der Waals surface area contributed by atoms with E-state index < -0.39 is 5.54 Å². The number of halogens is 1. The predicted octanol–water partition coefficient (Wildman–Crippen LogP) is 2.34. The first-order valence-corrected chi connectivity index (χ1v) is 8.19. The molecule has 122 valence electrons. The summed E-state index contributed by atoms with van der Waals surface area (Å²) < 4.78 is 5.90. The highest BCUT2D eigenvalue weighted by Gasteiger charge is 2.70. The fourth-order valence-electron chi connectivity index (χ4n) is 4.55. The van der Waals surface area contributed by atoms with E-state index >= 15 is 0 Å². The SMILES string of the molecule is CC1(C)C2OCCCC2C1(N)C(=O)N1CCCCCC1.Cl. The second kappa shape index (κ2) is 6.05. The summed E-state index contributed by atoms with van der Waals surface area (Å²) in [6, 6.07) is 0. The van der Waals surface area contributed by atoms with E-state index in [-0.39, 0.29) is 35.8 Å². The van der Waals surface area contributed by atoms with Gasteiger partial charge in [-0.1, -0.05) is 26.7 Å². The molecule has 1 saturated carbocycles.